The maximum atomic E-state index is 5.47. The molecule has 1 unspecified atom stereocenters. The molecule has 4 heteroatoms. The van der Waals surface area contributed by atoms with Crippen LogP contribution in [0.5, 0.6) is 0 Å². The first kappa shape index (κ1) is 38.2. The van der Waals surface area contributed by atoms with Gasteiger partial charge in [0.1, 0.15) is 5.65 Å². The molecule has 1 aliphatic carbocycles. The highest BCUT2D eigenvalue weighted by atomic mass is 14.9. The van der Waals surface area contributed by atoms with Crippen molar-refractivity contribution in [3.8, 4) is 78.3 Å². The molecule has 1 aliphatic rings. The van der Waals surface area contributed by atoms with E-state index in [-0.39, 0.29) is 5.92 Å². The largest absolute Gasteiger partial charge is 0.339 e. The minimum Gasteiger partial charge on any atom is -0.339 e. The van der Waals surface area contributed by atoms with E-state index in [1.807, 2.05) is 12.3 Å². The number of benzene rings is 7. The van der Waals surface area contributed by atoms with Crippen molar-refractivity contribution in [2.24, 2.45) is 0 Å². The van der Waals surface area contributed by atoms with E-state index in [1.54, 1.807) is 0 Å². The quantitative estimate of drug-likeness (QED) is 0.166. The molecule has 0 amide bonds. The predicted molar refractivity (Wildman–Crippen MR) is 270 cm³/mol. The second-order valence-corrected chi connectivity index (χ2v) is 16.7. The third-order valence-corrected chi connectivity index (χ3v) is 12.8. The van der Waals surface area contributed by atoms with Crippen LogP contribution in [0.1, 0.15) is 17.9 Å². The molecule has 4 aromatic heterocycles. The van der Waals surface area contributed by atoms with E-state index in [2.05, 4.69) is 223 Å². The highest BCUT2D eigenvalue weighted by molar-refractivity contribution is 6.10. The van der Waals surface area contributed by atoms with Crippen LogP contribution >= 0.6 is 0 Å². The zero-order chi connectivity index (χ0) is 43.1. The van der Waals surface area contributed by atoms with Gasteiger partial charge in [0, 0.05) is 67.5 Å². The highest BCUT2D eigenvalue weighted by Crippen LogP contribution is 2.47. The Balaban J connectivity index is 1.07. The zero-order valence-electron chi connectivity index (χ0n) is 35.6. The fourth-order valence-electron chi connectivity index (χ4n) is 9.87. The van der Waals surface area contributed by atoms with Crippen LogP contribution < -0.4 is 0 Å². The molecule has 4 nitrogen and oxygen atoms in total. The minimum absolute atomic E-state index is 0.188. The van der Waals surface area contributed by atoms with E-state index in [0.717, 1.165) is 106 Å². The second kappa shape index (κ2) is 16.3. The summed E-state index contributed by atoms with van der Waals surface area (Å²) in [5, 5.41) is 4.44. The smallest absolute Gasteiger partial charge is 0.160 e. The van der Waals surface area contributed by atoms with Crippen LogP contribution in [0.3, 0.4) is 0 Å². The van der Waals surface area contributed by atoms with E-state index >= 15 is 0 Å². The second-order valence-electron chi connectivity index (χ2n) is 16.7. The Bertz CT molecular complexity index is 3590. The standard InChI is InChI=1S/C61H42N4/c1-7-21-40(22-8-1)54-51-37-46(39-62-60(51)64-58(44-29-15-5-16-30-44)56(54)42-25-11-3-12-26-42)47-35-36-50(49-34-20-19-33-48(47)49)53-38-52-55(41-23-9-2-10-24-41)57(43-27-13-4-14-28-43)59(65-61(52)63-53)45-31-17-6-18-32-45/h1-23,25-39,41H,24H2,(H,63,65). The third-order valence-electron chi connectivity index (χ3n) is 12.8. The topological polar surface area (TPSA) is 54.5 Å². The number of fused-ring (bicyclic) bond motifs is 3. The fourth-order valence-corrected chi connectivity index (χ4v) is 9.87. The van der Waals surface area contributed by atoms with Crippen molar-refractivity contribution in [2.75, 3.05) is 0 Å². The summed E-state index contributed by atoms with van der Waals surface area (Å²) < 4.78 is 0. The summed E-state index contributed by atoms with van der Waals surface area (Å²) in [6.45, 7) is 0. The average molecular weight is 831 g/mol. The lowest BCUT2D eigenvalue weighted by atomic mass is 9.83. The molecule has 1 N–H and O–H groups in total. The molecule has 7 aromatic carbocycles. The summed E-state index contributed by atoms with van der Waals surface area (Å²) in [5.41, 5.74) is 18.0. The van der Waals surface area contributed by atoms with Gasteiger partial charge in [-0.2, -0.15) is 0 Å². The van der Waals surface area contributed by atoms with Gasteiger partial charge in [0.2, 0.25) is 0 Å². The van der Waals surface area contributed by atoms with Crippen LogP contribution in [0.2, 0.25) is 0 Å². The lowest BCUT2D eigenvalue weighted by Gasteiger charge is -2.22. The van der Waals surface area contributed by atoms with Gasteiger partial charge in [-0.25, -0.2) is 15.0 Å². The van der Waals surface area contributed by atoms with E-state index in [1.165, 1.54) is 11.1 Å². The molecule has 4 heterocycles. The third kappa shape index (κ3) is 6.84. The van der Waals surface area contributed by atoms with Gasteiger partial charge in [0.15, 0.2) is 5.65 Å². The Morgan fingerprint density at radius 1 is 0.415 bits per heavy atom. The van der Waals surface area contributed by atoms with Crippen molar-refractivity contribution >= 4 is 32.8 Å². The molecule has 0 bridgehead atoms. The molecule has 65 heavy (non-hydrogen) atoms. The SMILES string of the molecule is C1=CCC(c2c(-c3ccccc3)c(-c3ccccc3)nc3[nH]c(-c4ccc(-c5cnc6nc(-c7ccccc7)c(-c7ccccc7)c(-c7ccccc7)c6c5)c5ccccc45)cc23)C=C1. The molecular formula is C61H42N4. The summed E-state index contributed by atoms with van der Waals surface area (Å²) in [7, 11) is 0. The van der Waals surface area contributed by atoms with E-state index in [4.69, 9.17) is 15.0 Å². The van der Waals surface area contributed by atoms with Gasteiger partial charge in [0.25, 0.3) is 0 Å². The maximum absolute atomic E-state index is 5.47. The molecular weight excluding hydrogens is 789 g/mol. The van der Waals surface area contributed by atoms with Crippen molar-refractivity contribution < 1.29 is 0 Å². The number of aromatic amines is 1. The molecule has 0 radical (unpaired) electrons. The van der Waals surface area contributed by atoms with E-state index in [0.29, 0.717) is 5.65 Å². The molecule has 0 spiro atoms. The molecule has 0 saturated carbocycles. The van der Waals surface area contributed by atoms with Crippen LogP contribution in [-0.4, -0.2) is 19.9 Å². The number of pyridine rings is 3. The molecule has 0 saturated heterocycles. The number of allylic oxidation sites excluding steroid dienone is 4. The van der Waals surface area contributed by atoms with Gasteiger partial charge in [0.05, 0.1) is 11.4 Å². The van der Waals surface area contributed by atoms with E-state index < -0.39 is 0 Å². The van der Waals surface area contributed by atoms with Gasteiger partial charge < -0.3 is 4.98 Å². The van der Waals surface area contributed by atoms with Crippen LogP contribution in [0.4, 0.5) is 0 Å². The number of hydrogen-bond acceptors (Lipinski definition) is 3. The zero-order valence-corrected chi connectivity index (χ0v) is 35.6. The van der Waals surface area contributed by atoms with Crippen molar-refractivity contribution in [3.63, 3.8) is 0 Å². The van der Waals surface area contributed by atoms with Crippen molar-refractivity contribution in [3.05, 3.63) is 236 Å². The Hall–Kier alpha value is -8.47. The molecule has 0 aliphatic heterocycles. The monoisotopic (exact) mass is 830 g/mol. The Labute approximate surface area is 378 Å². The number of H-pyrrole nitrogens is 1. The summed E-state index contributed by atoms with van der Waals surface area (Å²) in [6.07, 6.45) is 11.9. The first-order chi connectivity index (χ1) is 32.3. The van der Waals surface area contributed by atoms with Crippen LogP contribution in [0, 0.1) is 0 Å². The summed E-state index contributed by atoms with van der Waals surface area (Å²) >= 11 is 0. The molecule has 0 fully saturated rings. The summed E-state index contributed by atoms with van der Waals surface area (Å²) in [6, 6.07) is 71.0. The normalized spacial score (nSPS) is 13.5. The number of hydrogen-bond donors (Lipinski definition) is 1. The maximum Gasteiger partial charge on any atom is 0.160 e. The lowest BCUT2D eigenvalue weighted by molar-refractivity contribution is 0.863. The predicted octanol–water partition coefficient (Wildman–Crippen LogP) is 15.9. The molecule has 306 valence electrons. The first-order valence-corrected chi connectivity index (χ1v) is 22.3. The fraction of sp³-hybridized carbons (Fsp3) is 0.0328. The Morgan fingerprint density at radius 3 is 1.54 bits per heavy atom. The van der Waals surface area contributed by atoms with Gasteiger partial charge in [-0.1, -0.05) is 212 Å². The molecule has 12 rings (SSSR count). The number of nitrogens with zero attached hydrogens (tertiary/aromatic N) is 3. The van der Waals surface area contributed by atoms with Gasteiger partial charge in [-0.15, -0.1) is 0 Å². The van der Waals surface area contributed by atoms with E-state index in [9.17, 15) is 0 Å². The number of aromatic nitrogens is 4. The molecule has 11 aromatic rings. The van der Waals surface area contributed by atoms with Gasteiger partial charge >= 0.3 is 0 Å². The first-order valence-electron chi connectivity index (χ1n) is 22.3. The van der Waals surface area contributed by atoms with Gasteiger partial charge in [-0.3, -0.25) is 0 Å². The van der Waals surface area contributed by atoms with Crippen LogP contribution in [0.25, 0.3) is 111 Å². The summed E-state index contributed by atoms with van der Waals surface area (Å²) in [5.74, 6) is 0.188. The molecule has 1 atom stereocenters. The Morgan fingerprint density at radius 2 is 0.938 bits per heavy atom. The van der Waals surface area contributed by atoms with Crippen LogP contribution in [-0.2, 0) is 0 Å². The number of rotatable bonds is 8. The van der Waals surface area contributed by atoms with Crippen molar-refractivity contribution in [1.29, 1.82) is 0 Å². The minimum atomic E-state index is 0.188. The van der Waals surface area contributed by atoms with Crippen LogP contribution in [0.15, 0.2) is 231 Å². The van der Waals surface area contributed by atoms with Crippen molar-refractivity contribution in [1.82, 2.24) is 19.9 Å². The summed E-state index contributed by atoms with van der Waals surface area (Å²) in [4.78, 5) is 19.8. The number of nitrogens with one attached hydrogen (secondary N) is 1. The average Bonchev–Trinajstić information content (AvgIpc) is 3.82. The van der Waals surface area contributed by atoms with Gasteiger partial charge in [-0.05, 0) is 57.1 Å². The Kier molecular flexibility index (Phi) is 9.61. The lowest BCUT2D eigenvalue weighted by Crippen LogP contribution is -2.04. The highest BCUT2D eigenvalue weighted by Gasteiger charge is 2.26. The van der Waals surface area contributed by atoms with Crippen molar-refractivity contribution in [2.45, 2.75) is 12.3 Å².